The summed E-state index contributed by atoms with van der Waals surface area (Å²) in [5.74, 6) is 2.21. The Morgan fingerprint density at radius 2 is 1.94 bits per heavy atom. The molecule has 0 unspecified atom stereocenters. The zero-order chi connectivity index (χ0) is 22.3. The van der Waals surface area contributed by atoms with Crippen LogP contribution in [0.2, 0.25) is 0 Å². The van der Waals surface area contributed by atoms with Crippen molar-refractivity contribution in [3.05, 3.63) is 64.7 Å². The number of likely N-dealkylation sites (tertiary alicyclic amines) is 1. The summed E-state index contributed by atoms with van der Waals surface area (Å²) in [6.07, 6.45) is 3.67. The second-order valence-corrected chi connectivity index (χ2v) is 8.57. The lowest BCUT2D eigenvalue weighted by atomic mass is 10.0. The van der Waals surface area contributed by atoms with Gasteiger partial charge in [0.2, 0.25) is 0 Å². The summed E-state index contributed by atoms with van der Waals surface area (Å²) in [6.45, 7) is 9.29. The van der Waals surface area contributed by atoms with Crippen LogP contribution in [0.5, 0.6) is 5.75 Å². The summed E-state index contributed by atoms with van der Waals surface area (Å²) < 4.78 is 13.2. The third kappa shape index (κ3) is 5.37. The van der Waals surface area contributed by atoms with Gasteiger partial charge < -0.3 is 14.4 Å². The average molecular weight is 436 g/mol. The van der Waals surface area contributed by atoms with Gasteiger partial charge in [0.05, 0.1) is 23.2 Å². The standard InChI is InChI=1S/C26H33N3O3/c1-3-31-19-25-27-24-10-5-4-9-23(24)26(30)29(25)21-11-13-22(14-12-21)32-17-7-16-28-15-6-8-20(2)18-28/h4-5,9-14,20H,3,6-8,15-19H2,1-2H3/t20-/m0/s1. The molecule has 3 aromatic rings. The maximum Gasteiger partial charge on any atom is 0.266 e. The van der Waals surface area contributed by atoms with E-state index >= 15 is 0 Å². The number of ether oxygens (including phenoxy) is 2. The largest absolute Gasteiger partial charge is 0.494 e. The van der Waals surface area contributed by atoms with Crippen LogP contribution in [0.25, 0.3) is 16.6 Å². The number of nitrogens with zero attached hydrogens (tertiary/aromatic N) is 3. The fourth-order valence-electron chi connectivity index (χ4n) is 4.39. The fourth-order valence-corrected chi connectivity index (χ4v) is 4.39. The predicted molar refractivity (Wildman–Crippen MR) is 128 cm³/mol. The molecule has 2 aromatic carbocycles. The highest BCUT2D eigenvalue weighted by molar-refractivity contribution is 5.77. The molecule has 1 aliphatic heterocycles. The van der Waals surface area contributed by atoms with Crippen LogP contribution in [0.1, 0.15) is 38.9 Å². The Labute approximate surface area is 189 Å². The molecule has 0 saturated carbocycles. The van der Waals surface area contributed by atoms with E-state index in [4.69, 9.17) is 9.47 Å². The van der Waals surface area contributed by atoms with Crippen molar-refractivity contribution in [2.45, 2.75) is 39.7 Å². The number of fused-ring (bicyclic) bond motifs is 1. The van der Waals surface area contributed by atoms with Gasteiger partial charge in [-0.1, -0.05) is 19.1 Å². The molecule has 4 rings (SSSR count). The lowest BCUT2D eigenvalue weighted by Crippen LogP contribution is -2.35. The Hall–Kier alpha value is -2.70. The molecule has 0 N–H and O–H groups in total. The van der Waals surface area contributed by atoms with E-state index in [-0.39, 0.29) is 12.2 Å². The first-order valence-corrected chi connectivity index (χ1v) is 11.7. The van der Waals surface area contributed by atoms with E-state index in [0.29, 0.717) is 29.9 Å². The Morgan fingerprint density at radius 1 is 1.12 bits per heavy atom. The molecule has 1 atom stereocenters. The molecule has 0 spiro atoms. The van der Waals surface area contributed by atoms with Crippen LogP contribution in [0, 0.1) is 5.92 Å². The van der Waals surface area contributed by atoms with E-state index in [1.54, 1.807) is 4.57 Å². The molecule has 1 saturated heterocycles. The number of hydrogen-bond acceptors (Lipinski definition) is 5. The summed E-state index contributed by atoms with van der Waals surface area (Å²) in [4.78, 5) is 20.4. The minimum atomic E-state index is -0.0882. The van der Waals surface area contributed by atoms with Gasteiger partial charge in [-0.25, -0.2) is 4.98 Å². The number of hydrogen-bond donors (Lipinski definition) is 0. The quantitative estimate of drug-likeness (QED) is 0.466. The molecule has 0 radical (unpaired) electrons. The van der Waals surface area contributed by atoms with Crippen LogP contribution in [0.3, 0.4) is 0 Å². The molecule has 2 heterocycles. The summed E-state index contributed by atoms with van der Waals surface area (Å²) in [6, 6.07) is 15.1. The van der Waals surface area contributed by atoms with Crippen molar-refractivity contribution in [3.63, 3.8) is 0 Å². The normalized spacial score (nSPS) is 17.0. The number of para-hydroxylation sites is 1. The van der Waals surface area contributed by atoms with Gasteiger partial charge in [0.15, 0.2) is 0 Å². The monoisotopic (exact) mass is 435 g/mol. The molecule has 32 heavy (non-hydrogen) atoms. The van der Waals surface area contributed by atoms with Gasteiger partial charge in [0.1, 0.15) is 18.2 Å². The van der Waals surface area contributed by atoms with Gasteiger partial charge in [-0.2, -0.15) is 0 Å². The average Bonchev–Trinajstić information content (AvgIpc) is 2.81. The topological polar surface area (TPSA) is 56.6 Å². The van der Waals surface area contributed by atoms with E-state index < -0.39 is 0 Å². The van der Waals surface area contributed by atoms with E-state index in [9.17, 15) is 4.79 Å². The van der Waals surface area contributed by atoms with Gasteiger partial charge >= 0.3 is 0 Å². The predicted octanol–water partition coefficient (Wildman–Crippen LogP) is 4.42. The summed E-state index contributed by atoms with van der Waals surface area (Å²) >= 11 is 0. The van der Waals surface area contributed by atoms with Gasteiger partial charge in [-0.15, -0.1) is 0 Å². The molecular formula is C26H33N3O3. The third-order valence-electron chi connectivity index (χ3n) is 6.00. The lowest BCUT2D eigenvalue weighted by molar-refractivity contribution is 0.126. The Balaban J connectivity index is 1.45. The van der Waals surface area contributed by atoms with Gasteiger partial charge in [-0.3, -0.25) is 9.36 Å². The van der Waals surface area contributed by atoms with E-state index in [0.717, 1.165) is 30.3 Å². The molecule has 0 bridgehead atoms. The van der Waals surface area contributed by atoms with Gasteiger partial charge in [0.25, 0.3) is 5.56 Å². The van der Waals surface area contributed by atoms with Crippen molar-refractivity contribution < 1.29 is 9.47 Å². The maximum absolute atomic E-state index is 13.2. The summed E-state index contributed by atoms with van der Waals surface area (Å²) in [5, 5.41) is 0.597. The zero-order valence-corrected chi connectivity index (χ0v) is 19.1. The number of rotatable bonds is 9. The van der Waals surface area contributed by atoms with E-state index in [2.05, 4.69) is 16.8 Å². The molecule has 1 aromatic heterocycles. The summed E-state index contributed by atoms with van der Waals surface area (Å²) in [5.41, 5.74) is 1.36. The van der Waals surface area contributed by atoms with Crippen molar-refractivity contribution in [3.8, 4) is 11.4 Å². The van der Waals surface area contributed by atoms with Crippen LogP contribution >= 0.6 is 0 Å². The number of piperidine rings is 1. The van der Waals surface area contributed by atoms with Crippen molar-refractivity contribution in [1.29, 1.82) is 0 Å². The lowest BCUT2D eigenvalue weighted by Gasteiger charge is -2.30. The second-order valence-electron chi connectivity index (χ2n) is 8.57. The smallest absolute Gasteiger partial charge is 0.266 e. The molecule has 1 aliphatic rings. The van der Waals surface area contributed by atoms with Crippen LogP contribution in [0.4, 0.5) is 0 Å². The third-order valence-corrected chi connectivity index (χ3v) is 6.00. The highest BCUT2D eigenvalue weighted by atomic mass is 16.5. The first-order chi connectivity index (χ1) is 15.7. The van der Waals surface area contributed by atoms with Crippen LogP contribution in [-0.2, 0) is 11.3 Å². The first kappa shape index (κ1) is 22.5. The van der Waals surface area contributed by atoms with Crippen LogP contribution < -0.4 is 10.3 Å². The molecule has 0 amide bonds. The fraction of sp³-hybridized carbons (Fsp3) is 0.462. The SMILES string of the molecule is CCOCc1nc2ccccc2c(=O)n1-c1ccc(OCCCN2CCC[C@H](C)C2)cc1. The Bertz CT molecular complexity index is 1080. The van der Waals surface area contributed by atoms with Gasteiger partial charge in [-0.05, 0) is 75.0 Å². The van der Waals surface area contributed by atoms with Crippen LogP contribution in [0.15, 0.2) is 53.3 Å². The molecular weight excluding hydrogens is 402 g/mol. The first-order valence-electron chi connectivity index (χ1n) is 11.7. The summed E-state index contributed by atoms with van der Waals surface area (Å²) in [7, 11) is 0. The van der Waals surface area contributed by atoms with Crippen molar-refractivity contribution in [2.75, 3.05) is 32.8 Å². The molecule has 1 fully saturated rings. The van der Waals surface area contributed by atoms with Crippen molar-refractivity contribution in [2.24, 2.45) is 5.92 Å². The minimum Gasteiger partial charge on any atom is -0.494 e. The molecule has 6 heteroatoms. The maximum atomic E-state index is 13.2. The number of aromatic nitrogens is 2. The van der Waals surface area contributed by atoms with E-state index in [1.807, 2.05) is 55.5 Å². The van der Waals surface area contributed by atoms with Crippen molar-refractivity contribution in [1.82, 2.24) is 14.5 Å². The molecule has 0 aliphatic carbocycles. The van der Waals surface area contributed by atoms with Crippen molar-refractivity contribution >= 4 is 10.9 Å². The molecule has 6 nitrogen and oxygen atoms in total. The highest BCUT2D eigenvalue weighted by Gasteiger charge is 2.16. The van der Waals surface area contributed by atoms with Crippen LogP contribution in [-0.4, -0.2) is 47.3 Å². The molecule has 170 valence electrons. The Kier molecular flexibility index (Phi) is 7.55. The van der Waals surface area contributed by atoms with E-state index in [1.165, 1.54) is 25.9 Å². The zero-order valence-electron chi connectivity index (χ0n) is 19.1. The number of benzene rings is 2. The minimum absolute atomic E-state index is 0.0882. The highest BCUT2D eigenvalue weighted by Crippen LogP contribution is 2.19. The van der Waals surface area contributed by atoms with Gasteiger partial charge in [0, 0.05) is 19.7 Å². The second kappa shape index (κ2) is 10.7. The Morgan fingerprint density at radius 3 is 2.72 bits per heavy atom.